The zero-order chi connectivity index (χ0) is 25.3. The van der Waals surface area contributed by atoms with E-state index in [1.807, 2.05) is 49.6 Å². The third-order valence-electron chi connectivity index (χ3n) is 6.18. The van der Waals surface area contributed by atoms with Gasteiger partial charge in [-0.1, -0.05) is 42.5 Å². The molecule has 0 atom stereocenters. The summed E-state index contributed by atoms with van der Waals surface area (Å²) in [4.78, 5) is 20.2. The van der Waals surface area contributed by atoms with Gasteiger partial charge in [0.2, 0.25) is 0 Å². The third-order valence-corrected chi connectivity index (χ3v) is 6.18. The Morgan fingerprint density at radius 1 is 0.972 bits per heavy atom. The van der Waals surface area contributed by atoms with Crippen molar-refractivity contribution < 1.29 is 22.7 Å². The molecule has 1 aliphatic heterocycles. The molecule has 0 fully saturated rings. The van der Waals surface area contributed by atoms with Gasteiger partial charge in [-0.3, -0.25) is 4.79 Å². The van der Waals surface area contributed by atoms with Crippen molar-refractivity contribution in [2.75, 3.05) is 4.90 Å². The fourth-order valence-corrected chi connectivity index (χ4v) is 4.59. The normalized spacial score (nSPS) is 13.1. The van der Waals surface area contributed by atoms with Crippen molar-refractivity contribution in [2.24, 2.45) is 0 Å². The van der Waals surface area contributed by atoms with Crippen LogP contribution >= 0.6 is 0 Å². The lowest BCUT2D eigenvalue weighted by molar-refractivity contribution is -0.274. The van der Waals surface area contributed by atoms with Crippen molar-refractivity contribution in [3.8, 4) is 5.75 Å². The number of hydrogen-bond donors (Lipinski definition) is 1. The molecule has 0 bridgehead atoms. The first-order valence-electron chi connectivity index (χ1n) is 11.5. The van der Waals surface area contributed by atoms with E-state index >= 15 is 0 Å². The highest BCUT2D eigenvalue weighted by atomic mass is 19.4. The van der Waals surface area contributed by atoms with Gasteiger partial charge in [0, 0.05) is 43.3 Å². The summed E-state index contributed by atoms with van der Waals surface area (Å²) in [6, 6.07) is 21.9. The van der Waals surface area contributed by atoms with Crippen molar-refractivity contribution in [2.45, 2.75) is 32.9 Å². The first kappa shape index (κ1) is 23.5. The fraction of sp³-hybridized carbons (Fsp3) is 0.179. The van der Waals surface area contributed by atoms with Crippen LogP contribution in [0.3, 0.4) is 0 Å². The molecule has 1 aliphatic rings. The highest BCUT2D eigenvalue weighted by molar-refractivity contribution is 6.00. The highest BCUT2D eigenvalue weighted by Crippen LogP contribution is 2.35. The quantitative estimate of drug-likeness (QED) is 0.312. The summed E-state index contributed by atoms with van der Waals surface area (Å²) >= 11 is 0. The van der Waals surface area contributed by atoms with Crippen LogP contribution in [0.2, 0.25) is 0 Å². The van der Waals surface area contributed by atoms with Gasteiger partial charge in [0.15, 0.2) is 0 Å². The highest BCUT2D eigenvalue weighted by Gasteiger charge is 2.32. The van der Waals surface area contributed by atoms with Crippen LogP contribution in [0.15, 0.2) is 85.2 Å². The van der Waals surface area contributed by atoms with Crippen LogP contribution in [0.25, 0.3) is 0 Å². The molecule has 1 aromatic heterocycles. The Kier molecular flexibility index (Phi) is 6.18. The van der Waals surface area contributed by atoms with Crippen LogP contribution < -0.4 is 9.64 Å². The number of halogens is 3. The van der Waals surface area contributed by atoms with Crippen molar-refractivity contribution in [3.63, 3.8) is 0 Å². The molecule has 1 amide bonds. The van der Waals surface area contributed by atoms with Crippen molar-refractivity contribution in [3.05, 3.63) is 113 Å². The number of fused-ring (bicyclic) bond motifs is 1. The van der Waals surface area contributed by atoms with Gasteiger partial charge < -0.3 is 19.5 Å². The molecule has 0 saturated carbocycles. The van der Waals surface area contributed by atoms with E-state index in [2.05, 4.69) is 32.8 Å². The smallest absolute Gasteiger partial charge is 0.406 e. The van der Waals surface area contributed by atoms with Crippen LogP contribution in [0, 0.1) is 6.92 Å². The third kappa shape index (κ3) is 5.07. The maximum Gasteiger partial charge on any atom is 0.573 e. The number of hydrogen-bond acceptors (Lipinski definition) is 3. The Labute approximate surface area is 206 Å². The predicted octanol–water partition coefficient (Wildman–Crippen LogP) is 6.72. The van der Waals surface area contributed by atoms with E-state index < -0.39 is 6.36 Å². The minimum absolute atomic E-state index is 0.0825. The Bertz CT molecular complexity index is 1350. The number of nitrogens with zero attached hydrogens (tertiary/aromatic N) is 2. The number of benzene rings is 3. The van der Waals surface area contributed by atoms with Gasteiger partial charge in [-0.05, 0) is 59.5 Å². The summed E-state index contributed by atoms with van der Waals surface area (Å²) < 4.78 is 41.2. The number of ether oxygens (including phenoxy) is 1. The van der Waals surface area contributed by atoms with Gasteiger partial charge in [-0.25, -0.2) is 0 Å². The number of carbonyl (C=O) groups excluding carboxylic acids is 1. The molecule has 0 unspecified atom stereocenters. The molecule has 36 heavy (non-hydrogen) atoms. The minimum atomic E-state index is -4.74. The second kappa shape index (κ2) is 9.45. The zero-order valence-electron chi connectivity index (χ0n) is 19.5. The Balaban J connectivity index is 1.38. The molecular weight excluding hydrogens is 467 g/mol. The number of nitrogens with one attached hydrogen (secondary N) is 1. The molecule has 5 nitrogen and oxygen atoms in total. The number of anilines is 2. The van der Waals surface area contributed by atoms with Gasteiger partial charge in [0.1, 0.15) is 5.75 Å². The molecule has 0 saturated heterocycles. The molecule has 8 heteroatoms. The van der Waals surface area contributed by atoms with E-state index in [1.165, 1.54) is 12.1 Å². The summed E-state index contributed by atoms with van der Waals surface area (Å²) in [5.74, 6) is -0.369. The molecule has 3 aromatic carbocycles. The SMILES string of the molecule is Cc1cc(N(Cc2ccccc2)c2cc[nH]c2)cc2c1C(=O)N(Cc1ccc(OC(F)(F)F)cc1)C2. The average Bonchev–Trinajstić information content (AvgIpc) is 3.47. The van der Waals surface area contributed by atoms with Gasteiger partial charge in [0.25, 0.3) is 5.91 Å². The summed E-state index contributed by atoms with van der Waals surface area (Å²) in [5.41, 5.74) is 6.38. The predicted molar refractivity (Wildman–Crippen MR) is 131 cm³/mol. The van der Waals surface area contributed by atoms with Crippen LogP contribution in [-0.2, 0) is 19.6 Å². The lowest BCUT2D eigenvalue weighted by Gasteiger charge is -2.25. The molecule has 5 rings (SSSR count). The van der Waals surface area contributed by atoms with Crippen molar-refractivity contribution in [1.29, 1.82) is 0 Å². The van der Waals surface area contributed by atoms with Gasteiger partial charge in [-0.2, -0.15) is 0 Å². The maximum absolute atomic E-state index is 13.2. The van der Waals surface area contributed by atoms with E-state index in [0.717, 1.165) is 33.6 Å². The second-order valence-electron chi connectivity index (χ2n) is 8.79. The molecule has 1 N–H and O–H groups in total. The molecule has 0 aliphatic carbocycles. The largest absolute Gasteiger partial charge is 0.573 e. The van der Waals surface area contributed by atoms with Crippen LogP contribution in [0.4, 0.5) is 24.5 Å². The number of aromatic amines is 1. The van der Waals surface area contributed by atoms with E-state index in [9.17, 15) is 18.0 Å². The molecule has 184 valence electrons. The summed E-state index contributed by atoms with van der Waals surface area (Å²) in [6.45, 7) is 3.32. The zero-order valence-corrected chi connectivity index (χ0v) is 19.5. The molecule has 2 heterocycles. The fourth-order valence-electron chi connectivity index (χ4n) is 4.59. The topological polar surface area (TPSA) is 48.6 Å². The monoisotopic (exact) mass is 491 g/mol. The molecular formula is C28H24F3N3O2. The number of H-pyrrole nitrogens is 1. The first-order valence-corrected chi connectivity index (χ1v) is 11.5. The lowest BCUT2D eigenvalue weighted by atomic mass is 10.0. The van der Waals surface area contributed by atoms with Crippen LogP contribution in [-0.4, -0.2) is 22.2 Å². The molecule has 0 radical (unpaired) electrons. The lowest BCUT2D eigenvalue weighted by Crippen LogP contribution is -2.23. The Morgan fingerprint density at radius 2 is 1.72 bits per heavy atom. The van der Waals surface area contributed by atoms with Gasteiger partial charge in [-0.15, -0.1) is 13.2 Å². The summed E-state index contributed by atoms with van der Waals surface area (Å²) in [5, 5.41) is 0. The van der Waals surface area contributed by atoms with E-state index in [0.29, 0.717) is 25.2 Å². The molecule has 0 spiro atoms. The number of alkyl halides is 3. The maximum atomic E-state index is 13.2. The Morgan fingerprint density at radius 3 is 2.39 bits per heavy atom. The van der Waals surface area contributed by atoms with E-state index in [-0.39, 0.29) is 11.7 Å². The van der Waals surface area contributed by atoms with Gasteiger partial charge >= 0.3 is 6.36 Å². The van der Waals surface area contributed by atoms with Crippen molar-refractivity contribution in [1.82, 2.24) is 9.88 Å². The number of amides is 1. The standard InChI is InChI=1S/C28H24F3N3O2/c1-19-13-24(34(23-11-12-32-15-23)17-20-5-3-2-4-6-20)14-22-18-33(27(35)26(19)22)16-21-7-9-25(10-8-21)36-28(29,30)31/h2-15,32H,16-18H2,1H3. The van der Waals surface area contributed by atoms with Crippen LogP contribution in [0.5, 0.6) is 5.75 Å². The van der Waals surface area contributed by atoms with E-state index in [4.69, 9.17) is 0 Å². The summed E-state index contributed by atoms with van der Waals surface area (Å²) in [7, 11) is 0. The van der Waals surface area contributed by atoms with E-state index in [1.54, 1.807) is 17.0 Å². The number of aryl methyl sites for hydroxylation is 1. The van der Waals surface area contributed by atoms with Crippen molar-refractivity contribution >= 4 is 17.3 Å². The first-order chi connectivity index (χ1) is 17.3. The number of rotatable bonds is 7. The average molecular weight is 492 g/mol. The number of carbonyl (C=O) groups is 1. The number of aromatic nitrogens is 1. The minimum Gasteiger partial charge on any atom is -0.406 e. The molecule has 4 aromatic rings. The summed E-state index contributed by atoms with van der Waals surface area (Å²) in [6.07, 6.45) is -0.920. The van der Waals surface area contributed by atoms with Crippen LogP contribution in [0.1, 0.15) is 32.6 Å². The Hall–Kier alpha value is -4.20. The second-order valence-corrected chi connectivity index (χ2v) is 8.79. The van der Waals surface area contributed by atoms with Gasteiger partial charge in [0.05, 0.1) is 5.69 Å².